The summed E-state index contributed by atoms with van der Waals surface area (Å²) in [6, 6.07) is 14.3. The lowest BCUT2D eigenvalue weighted by molar-refractivity contribution is 0.0906. The number of guanidine groups is 1. The van der Waals surface area contributed by atoms with Gasteiger partial charge in [0.2, 0.25) is 0 Å². The number of benzene rings is 1. The maximum absolute atomic E-state index is 5.97. The summed E-state index contributed by atoms with van der Waals surface area (Å²) in [5.41, 5.74) is 1.23. The Bertz CT molecular complexity index is 725. The normalized spacial score (nSPS) is 16.4. The lowest BCUT2D eigenvalue weighted by Crippen LogP contribution is -2.41. The molecule has 0 saturated carbocycles. The summed E-state index contributed by atoms with van der Waals surface area (Å²) in [5.74, 6) is 2.52. The maximum Gasteiger partial charge on any atom is 0.193 e. The van der Waals surface area contributed by atoms with E-state index in [2.05, 4.69) is 34.5 Å². The van der Waals surface area contributed by atoms with E-state index in [9.17, 15) is 0 Å². The van der Waals surface area contributed by atoms with Crippen LogP contribution in [-0.2, 0) is 22.5 Å². The average Bonchev–Trinajstić information content (AvgIpc) is 3.45. The fourth-order valence-electron chi connectivity index (χ4n) is 3.59. The van der Waals surface area contributed by atoms with E-state index in [1.54, 1.807) is 6.26 Å². The van der Waals surface area contributed by atoms with E-state index in [0.29, 0.717) is 12.5 Å². The van der Waals surface area contributed by atoms with Crippen LogP contribution in [0.1, 0.15) is 31.1 Å². The van der Waals surface area contributed by atoms with E-state index in [1.165, 1.54) is 5.56 Å². The van der Waals surface area contributed by atoms with Gasteiger partial charge in [-0.05, 0) is 37.5 Å². The van der Waals surface area contributed by atoms with Gasteiger partial charge in [-0.25, -0.2) is 0 Å². The standard InChI is InChI=1S/C24H35N3O3.HI/c1-2-28-16-7-13-25-24(26-14-11-23-10-6-17-30-23)27-15-12-22(18-27)20-29-19-21-8-4-3-5-9-21;/h3-6,8-10,17,22H,2,7,11-16,18-20H2,1H3,(H,25,26);1H. The molecule has 3 rings (SSSR count). The van der Waals surface area contributed by atoms with Gasteiger partial charge in [-0.2, -0.15) is 0 Å². The lowest BCUT2D eigenvalue weighted by atomic mass is 10.1. The molecule has 2 heterocycles. The molecule has 1 aromatic heterocycles. The second kappa shape index (κ2) is 15.3. The minimum absolute atomic E-state index is 0. The zero-order chi connectivity index (χ0) is 20.9. The van der Waals surface area contributed by atoms with Gasteiger partial charge in [0.05, 0.1) is 19.5 Å². The first kappa shape index (κ1) is 25.7. The van der Waals surface area contributed by atoms with Gasteiger partial charge in [0.15, 0.2) is 5.96 Å². The van der Waals surface area contributed by atoms with Crippen molar-refractivity contribution in [3.8, 4) is 0 Å². The van der Waals surface area contributed by atoms with E-state index < -0.39 is 0 Å². The van der Waals surface area contributed by atoms with Crippen molar-refractivity contribution in [3.05, 3.63) is 60.1 Å². The number of nitrogens with one attached hydrogen (secondary N) is 1. The Balaban J connectivity index is 0.00000341. The minimum atomic E-state index is 0. The third-order valence-electron chi connectivity index (χ3n) is 5.20. The quantitative estimate of drug-likeness (QED) is 0.188. The van der Waals surface area contributed by atoms with Crippen LogP contribution < -0.4 is 5.32 Å². The summed E-state index contributed by atoms with van der Waals surface area (Å²) in [7, 11) is 0. The predicted molar refractivity (Wildman–Crippen MR) is 135 cm³/mol. The second-order valence-corrected chi connectivity index (χ2v) is 7.61. The molecule has 2 aromatic rings. The monoisotopic (exact) mass is 541 g/mol. The Morgan fingerprint density at radius 1 is 1.19 bits per heavy atom. The molecule has 1 aromatic carbocycles. The van der Waals surface area contributed by atoms with Crippen LogP contribution in [0.25, 0.3) is 0 Å². The zero-order valence-electron chi connectivity index (χ0n) is 18.5. The molecule has 1 aliphatic rings. The molecule has 0 radical (unpaired) electrons. The number of halogens is 1. The summed E-state index contributed by atoms with van der Waals surface area (Å²) in [4.78, 5) is 7.20. The van der Waals surface area contributed by atoms with E-state index in [-0.39, 0.29) is 24.0 Å². The molecule has 31 heavy (non-hydrogen) atoms. The summed E-state index contributed by atoms with van der Waals surface area (Å²) in [5, 5.41) is 3.53. The van der Waals surface area contributed by atoms with Gasteiger partial charge in [0.1, 0.15) is 5.76 Å². The molecule has 0 aliphatic carbocycles. The van der Waals surface area contributed by atoms with Gasteiger partial charge in [-0.1, -0.05) is 30.3 Å². The number of hydrogen-bond acceptors (Lipinski definition) is 4. The summed E-state index contributed by atoms with van der Waals surface area (Å²) < 4.78 is 16.8. The molecule has 1 N–H and O–H groups in total. The molecule has 1 saturated heterocycles. The minimum Gasteiger partial charge on any atom is -0.469 e. The highest BCUT2D eigenvalue weighted by atomic mass is 127. The largest absolute Gasteiger partial charge is 0.469 e. The number of ether oxygens (including phenoxy) is 2. The van der Waals surface area contributed by atoms with Gasteiger partial charge >= 0.3 is 0 Å². The number of rotatable bonds is 12. The van der Waals surface area contributed by atoms with E-state index >= 15 is 0 Å². The highest BCUT2D eigenvalue weighted by Crippen LogP contribution is 2.17. The molecule has 0 spiro atoms. The highest BCUT2D eigenvalue weighted by Gasteiger charge is 2.25. The van der Waals surface area contributed by atoms with Gasteiger partial charge in [0, 0.05) is 51.7 Å². The summed E-state index contributed by atoms with van der Waals surface area (Å²) in [6.07, 6.45) is 4.64. The molecular weight excluding hydrogens is 505 g/mol. The number of likely N-dealkylation sites (tertiary alicyclic amines) is 1. The van der Waals surface area contributed by atoms with Gasteiger partial charge in [0.25, 0.3) is 0 Å². The smallest absolute Gasteiger partial charge is 0.193 e. The lowest BCUT2D eigenvalue weighted by Gasteiger charge is -2.22. The molecule has 0 bridgehead atoms. The third kappa shape index (κ3) is 9.62. The van der Waals surface area contributed by atoms with Crippen LogP contribution in [-0.4, -0.2) is 56.9 Å². The summed E-state index contributed by atoms with van der Waals surface area (Å²) in [6.45, 7) is 8.58. The average molecular weight is 541 g/mol. The van der Waals surface area contributed by atoms with Crippen molar-refractivity contribution in [1.82, 2.24) is 10.2 Å². The first-order valence-corrected chi connectivity index (χ1v) is 11.1. The molecule has 1 atom stereocenters. The molecule has 1 aliphatic heterocycles. The van der Waals surface area contributed by atoms with Crippen LogP contribution in [0.5, 0.6) is 0 Å². The molecule has 6 nitrogen and oxygen atoms in total. The van der Waals surface area contributed by atoms with Crippen molar-refractivity contribution in [2.75, 3.05) is 46.0 Å². The Labute approximate surface area is 203 Å². The summed E-state index contributed by atoms with van der Waals surface area (Å²) >= 11 is 0. The molecule has 7 heteroatoms. The van der Waals surface area contributed by atoms with Gasteiger partial charge < -0.3 is 24.1 Å². The van der Waals surface area contributed by atoms with Crippen LogP contribution in [0.15, 0.2) is 58.1 Å². The van der Waals surface area contributed by atoms with Crippen molar-refractivity contribution < 1.29 is 13.9 Å². The van der Waals surface area contributed by atoms with Crippen LogP contribution >= 0.6 is 24.0 Å². The number of nitrogens with zero attached hydrogens (tertiary/aromatic N) is 2. The first-order valence-electron chi connectivity index (χ1n) is 11.1. The van der Waals surface area contributed by atoms with Crippen molar-refractivity contribution in [2.45, 2.75) is 32.8 Å². The number of furan rings is 1. The third-order valence-corrected chi connectivity index (χ3v) is 5.20. The Kier molecular flexibility index (Phi) is 12.6. The van der Waals surface area contributed by atoms with Crippen molar-refractivity contribution in [2.24, 2.45) is 10.9 Å². The van der Waals surface area contributed by atoms with E-state index in [4.69, 9.17) is 18.9 Å². The van der Waals surface area contributed by atoms with Crippen LogP contribution in [0.4, 0.5) is 0 Å². The topological polar surface area (TPSA) is 59.2 Å². The van der Waals surface area contributed by atoms with Crippen LogP contribution in [0.2, 0.25) is 0 Å². The number of hydrogen-bond donors (Lipinski definition) is 1. The van der Waals surface area contributed by atoms with E-state index in [1.807, 2.05) is 25.1 Å². The maximum atomic E-state index is 5.97. The van der Waals surface area contributed by atoms with Crippen LogP contribution in [0.3, 0.4) is 0 Å². The molecule has 172 valence electrons. The number of aliphatic imine (C=N–C) groups is 1. The second-order valence-electron chi connectivity index (χ2n) is 7.61. The predicted octanol–water partition coefficient (Wildman–Crippen LogP) is 4.35. The van der Waals surface area contributed by atoms with Crippen molar-refractivity contribution in [3.63, 3.8) is 0 Å². The Morgan fingerprint density at radius 2 is 2.06 bits per heavy atom. The molecular formula is C24H36IN3O3. The molecule has 0 amide bonds. The highest BCUT2D eigenvalue weighted by molar-refractivity contribution is 14.0. The van der Waals surface area contributed by atoms with Crippen molar-refractivity contribution >= 4 is 29.9 Å². The van der Waals surface area contributed by atoms with Gasteiger partial charge in [-0.15, -0.1) is 24.0 Å². The fraction of sp³-hybridized carbons (Fsp3) is 0.542. The zero-order valence-corrected chi connectivity index (χ0v) is 20.8. The van der Waals surface area contributed by atoms with Gasteiger partial charge in [-0.3, -0.25) is 4.99 Å². The fourth-order valence-corrected chi connectivity index (χ4v) is 3.59. The SMILES string of the molecule is CCOCCCN=C(NCCc1ccco1)N1CCC(COCc2ccccc2)C1.I. The Hall–Kier alpha value is -1.58. The van der Waals surface area contributed by atoms with Crippen molar-refractivity contribution in [1.29, 1.82) is 0 Å². The Morgan fingerprint density at radius 3 is 2.84 bits per heavy atom. The molecule has 1 unspecified atom stereocenters. The van der Waals surface area contributed by atoms with Crippen LogP contribution in [0, 0.1) is 5.92 Å². The first-order chi connectivity index (χ1) is 14.8. The molecule has 1 fully saturated rings. The van der Waals surface area contributed by atoms with E-state index in [0.717, 1.165) is 77.0 Å².